The summed E-state index contributed by atoms with van der Waals surface area (Å²) in [5.74, 6) is 0.787. The predicted octanol–water partition coefficient (Wildman–Crippen LogP) is 3.04. The molecule has 3 aliphatic rings. The summed E-state index contributed by atoms with van der Waals surface area (Å²) in [6.07, 6.45) is 6.84. The summed E-state index contributed by atoms with van der Waals surface area (Å²) in [6, 6.07) is 0.439. The minimum atomic E-state index is -0.448. The van der Waals surface area contributed by atoms with E-state index in [0.29, 0.717) is 24.4 Å². The van der Waals surface area contributed by atoms with Gasteiger partial charge in [-0.05, 0) is 59.3 Å². The molecule has 7 heteroatoms. The van der Waals surface area contributed by atoms with Crippen LogP contribution in [0.25, 0.3) is 0 Å². The molecule has 0 aromatic rings. The SMILES string of the molecule is C[C@@H]([C@@H]1CCCN(C(=O)OC(C)(C)C)C1)N1CCN(CC(=O)N2CCCCCC2)CC1. The number of carbonyl (C=O) groups is 2. The molecule has 2 amide bonds. The van der Waals surface area contributed by atoms with Crippen LogP contribution in [0.15, 0.2) is 0 Å². The van der Waals surface area contributed by atoms with Crippen LogP contribution >= 0.6 is 0 Å². The Bertz CT molecular complexity index is 590. The van der Waals surface area contributed by atoms with E-state index in [1.165, 1.54) is 12.8 Å². The summed E-state index contributed by atoms with van der Waals surface area (Å²) in [4.78, 5) is 34.1. The van der Waals surface area contributed by atoms with Crippen molar-refractivity contribution in [3.8, 4) is 0 Å². The minimum absolute atomic E-state index is 0.179. The fourth-order valence-electron chi connectivity index (χ4n) is 5.13. The van der Waals surface area contributed by atoms with Crippen LogP contribution in [0.2, 0.25) is 0 Å². The Balaban J connectivity index is 1.43. The first kappa shape index (κ1) is 24.3. The van der Waals surface area contributed by atoms with Gasteiger partial charge < -0.3 is 14.5 Å². The Morgan fingerprint density at radius 1 is 0.871 bits per heavy atom. The molecule has 0 aromatic heterocycles. The average molecular weight is 437 g/mol. The number of likely N-dealkylation sites (tertiary alicyclic amines) is 2. The highest BCUT2D eigenvalue weighted by Gasteiger charge is 2.33. The standard InChI is InChI=1S/C24H44N4O3/c1-20(21-10-9-13-28(18-21)23(30)31-24(2,3)4)26-16-14-25(15-17-26)19-22(29)27-11-7-5-6-8-12-27/h20-21H,5-19H2,1-4H3/t20-,21+/m0/s1. The van der Waals surface area contributed by atoms with Crippen molar-refractivity contribution in [1.29, 1.82) is 0 Å². The highest BCUT2D eigenvalue weighted by molar-refractivity contribution is 5.78. The smallest absolute Gasteiger partial charge is 0.410 e. The molecular weight excluding hydrogens is 392 g/mol. The number of rotatable bonds is 4. The predicted molar refractivity (Wildman–Crippen MR) is 123 cm³/mol. The topological polar surface area (TPSA) is 56.3 Å². The number of carbonyl (C=O) groups excluding carboxylic acids is 2. The van der Waals surface area contributed by atoms with Crippen molar-refractivity contribution in [3.05, 3.63) is 0 Å². The van der Waals surface area contributed by atoms with Gasteiger partial charge in [0.25, 0.3) is 0 Å². The fourth-order valence-corrected chi connectivity index (χ4v) is 5.13. The summed E-state index contributed by atoms with van der Waals surface area (Å²) in [6.45, 7) is 16.0. The van der Waals surface area contributed by atoms with Crippen LogP contribution in [0.1, 0.15) is 66.2 Å². The fraction of sp³-hybridized carbons (Fsp3) is 0.917. The third kappa shape index (κ3) is 7.35. The second-order valence-corrected chi connectivity index (χ2v) is 10.7. The van der Waals surface area contributed by atoms with Gasteiger partial charge in [-0.25, -0.2) is 4.79 Å². The van der Waals surface area contributed by atoms with E-state index in [2.05, 4.69) is 21.6 Å². The molecule has 31 heavy (non-hydrogen) atoms. The van der Waals surface area contributed by atoms with Crippen molar-refractivity contribution >= 4 is 12.0 Å². The normalized spacial score (nSPS) is 25.7. The Morgan fingerprint density at radius 3 is 2.10 bits per heavy atom. The molecule has 0 aromatic carbocycles. The van der Waals surface area contributed by atoms with Crippen molar-refractivity contribution in [3.63, 3.8) is 0 Å². The van der Waals surface area contributed by atoms with Crippen LogP contribution < -0.4 is 0 Å². The Kier molecular flexibility index (Phi) is 8.62. The van der Waals surface area contributed by atoms with Gasteiger partial charge in [-0.3, -0.25) is 14.6 Å². The van der Waals surface area contributed by atoms with Gasteiger partial charge in [-0.2, -0.15) is 0 Å². The lowest BCUT2D eigenvalue weighted by Crippen LogP contribution is -2.55. The van der Waals surface area contributed by atoms with Crippen LogP contribution in [0.5, 0.6) is 0 Å². The summed E-state index contributed by atoms with van der Waals surface area (Å²) in [7, 11) is 0. The first-order chi connectivity index (χ1) is 14.7. The van der Waals surface area contributed by atoms with Crippen molar-refractivity contribution in [2.45, 2.75) is 77.9 Å². The van der Waals surface area contributed by atoms with Crippen molar-refractivity contribution in [2.24, 2.45) is 5.92 Å². The van der Waals surface area contributed by atoms with E-state index in [1.54, 1.807) is 0 Å². The molecule has 0 unspecified atom stereocenters. The molecule has 3 rings (SSSR count). The maximum Gasteiger partial charge on any atom is 0.410 e. The third-order valence-electron chi connectivity index (χ3n) is 7.09. The summed E-state index contributed by atoms with van der Waals surface area (Å²) in [5, 5.41) is 0. The number of hydrogen-bond donors (Lipinski definition) is 0. The summed E-state index contributed by atoms with van der Waals surface area (Å²) < 4.78 is 5.59. The molecule has 7 nitrogen and oxygen atoms in total. The van der Waals surface area contributed by atoms with Crippen LogP contribution in [-0.2, 0) is 9.53 Å². The molecule has 3 heterocycles. The van der Waals surface area contributed by atoms with Crippen LogP contribution in [0, 0.1) is 5.92 Å². The highest BCUT2D eigenvalue weighted by atomic mass is 16.6. The molecule has 3 aliphatic heterocycles. The van der Waals surface area contributed by atoms with Gasteiger partial charge in [-0.15, -0.1) is 0 Å². The quantitative estimate of drug-likeness (QED) is 0.678. The molecule has 178 valence electrons. The third-order valence-corrected chi connectivity index (χ3v) is 7.09. The zero-order chi connectivity index (χ0) is 22.4. The Labute approximate surface area is 189 Å². The molecule has 0 radical (unpaired) electrons. The van der Waals surface area contributed by atoms with E-state index < -0.39 is 5.60 Å². The highest BCUT2D eigenvalue weighted by Crippen LogP contribution is 2.25. The Morgan fingerprint density at radius 2 is 1.48 bits per heavy atom. The van der Waals surface area contributed by atoms with Crippen LogP contribution in [0.3, 0.4) is 0 Å². The molecule has 0 N–H and O–H groups in total. The molecule has 0 bridgehead atoms. The largest absolute Gasteiger partial charge is 0.444 e. The molecule has 3 fully saturated rings. The van der Waals surface area contributed by atoms with E-state index in [0.717, 1.165) is 78.0 Å². The maximum atomic E-state index is 12.7. The first-order valence-electron chi connectivity index (χ1n) is 12.4. The second-order valence-electron chi connectivity index (χ2n) is 10.7. The van der Waals surface area contributed by atoms with Crippen molar-refractivity contribution in [2.75, 3.05) is 58.9 Å². The lowest BCUT2D eigenvalue weighted by atomic mass is 9.90. The maximum absolute atomic E-state index is 12.7. The number of ether oxygens (including phenoxy) is 1. The van der Waals surface area contributed by atoms with E-state index >= 15 is 0 Å². The Hall–Kier alpha value is -1.34. The zero-order valence-electron chi connectivity index (χ0n) is 20.3. The molecular formula is C24H44N4O3. The number of piperidine rings is 1. The molecule has 3 saturated heterocycles. The minimum Gasteiger partial charge on any atom is -0.444 e. The van der Waals surface area contributed by atoms with Crippen LogP contribution in [0.4, 0.5) is 4.79 Å². The lowest BCUT2D eigenvalue weighted by molar-refractivity contribution is -0.132. The van der Waals surface area contributed by atoms with Crippen molar-refractivity contribution < 1.29 is 14.3 Å². The van der Waals surface area contributed by atoms with Gasteiger partial charge in [0.15, 0.2) is 0 Å². The molecule has 0 aliphatic carbocycles. The first-order valence-corrected chi connectivity index (χ1v) is 12.4. The number of nitrogens with zero attached hydrogens (tertiary/aromatic N) is 4. The van der Waals surface area contributed by atoms with Gasteiger partial charge in [-0.1, -0.05) is 12.8 Å². The number of hydrogen-bond acceptors (Lipinski definition) is 5. The van der Waals surface area contributed by atoms with Crippen molar-refractivity contribution in [1.82, 2.24) is 19.6 Å². The van der Waals surface area contributed by atoms with E-state index in [9.17, 15) is 9.59 Å². The number of piperazine rings is 1. The molecule has 0 saturated carbocycles. The lowest BCUT2D eigenvalue weighted by Gasteiger charge is -2.43. The van der Waals surface area contributed by atoms with Gasteiger partial charge >= 0.3 is 6.09 Å². The van der Waals surface area contributed by atoms with Gasteiger partial charge in [0.2, 0.25) is 5.91 Å². The summed E-state index contributed by atoms with van der Waals surface area (Å²) >= 11 is 0. The zero-order valence-corrected chi connectivity index (χ0v) is 20.3. The summed E-state index contributed by atoms with van der Waals surface area (Å²) in [5.41, 5.74) is -0.448. The van der Waals surface area contributed by atoms with Crippen LogP contribution in [-0.4, -0.2) is 102 Å². The van der Waals surface area contributed by atoms with Gasteiger partial charge in [0.05, 0.1) is 6.54 Å². The molecule has 2 atom stereocenters. The van der Waals surface area contributed by atoms with Gasteiger partial charge in [0.1, 0.15) is 5.60 Å². The second kappa shape index (κ2) is 11.0. The van der Waals surface area contributed by atoms with E-state index in [-0.39, 0.29) is 6.09 Å². The monoisotopic (exact) mass is 436 g/mol. The van der Waals surface area contributed by atoms with E-state index in [1.807, 2.05) is 25.7 Å². The van der Waals surface area contributed by atoms with E-state index in [4.69, 9.17) is 4.74 Å². The number of amides is 2. The van der Waals surface area contributed by atoms with Gasteiger partial charge in [0, 0.05) is 58.4 Å². The average Bonchev–Trinajstić information content (AvgIpc) is 3.02. The molecule has 0 spiro atoms.